The number of benzene rings is 8. The van der Waals surface area contributed by atoms with Crippen molar-refractivity contribution < 1.29 is 0 Å². The molecule has 0 amide bonds. The lowest BCUT2D eigenvalue weighted by molar-refractivity contribution is 1.07. The highest BCUT2D eigenvalue weighted by Gasteiger charge is 2.17. The van der Waals surface area contributed by atoms with Crippen molar-refractivity contribution in [3.63, 3.8) is 0 Å². The van der Waals surface area contributed by atoms with Gasteiger partial charge in [-0.3, -0.25) is 0 Å². The van der Waals surface area contributed by atoms with Crippen molar-refractivity contribution in [3.05, 3.63) is 206 Å². The fourth-order valence-electron chi connectivity index (χ4n) is 7.52. The topological polar surface area (TPSA) is 43.6 Å². The van der Waals surface area contributed by atoms with Gasteiger partial charge in [0.2, 0.25) is 0 Å². The molecule has 2 heterocycles. The summed E-state index contributed by atoms with van der Waals surface area (Å²) in [6, 6.07) is 72.3. The molecule has 0 aliphatic heterocycles. The summed E-state index contributed by atoms with van der Waals surface area (Å²) in [6.07, 6.45) is 0. The molecule has 0 bridgehead atoms. The first kappa shape index (κ1) is 32.2. The van der Waals surface area contributed by atoms with E-state index in [1.54, 1.807) is 0 Å². The Morgan fingerprint density at radius 1 is 0.255 bits per heavy atom. The lowest BCUT2D eigenvalue weighted by Crippen LogP contribution is -2.01. The first-order valence-electron chi connectivity index (χ1n) is 18.5. The van der Waals surface area contributed by atoms with Crippen LogP contribution in [-0.4, -0.2) is 19.5 Å². The second-order valence-corrected chi connectivity index (χ2v) is 13.7. The van der Waals surface area contributed by atoms with Gasteiger partial charge in [-0.25, -0.2) is 15.0 Å². The highest BCUT2D eigenvalue weighted by Crippen LogP contribution is 2.36. The largest absolute Gasteiger partial charge is 0.309 e. The number of aromatic nitrogens is 4. The summed E-state index contributed by atoms with van der Waals surface area (Å²) in [7, 11) is 0. The van der Waals surface area contributed by atoms with Gasteiger partial charge in [0.1, 0.15) is 0 Å². The molecule has 55 heavy (non-hydrogen) atoms. The Labute approximate surface area is 319 Å². The zero-order valence-corrected chi connectivity index (χ0v) is 29.9. The second-order valence-electron chi connectivity index (χ2n) is 13.7. The Bertz CT molecular complexity index is 2950. The fraction of sp³-hybridized carbons (Fsp3) is 0. The number of rotatable bonds is 7. The van der Waals surface area contributed by atoms with Gasteiger partial charge in [-0.05, 0) is 63.7 Å². The number of nitrogens with zero attached hydrogens (tertiary/aromatic N) is 4. The van der Waals surface area contributed by atoms with Gasteiger partial charge in [-0.2, -0.15) is 0 Å². The van der Waals surface area contributed by atoms with Gasteiger partial charge < -0.3 is 4.57 Å². The summed E-state index contributed by atoms with van der Waals surface area (Å²) in [5.74, 6) is 1.89. The maximum Gasteiger partial charge on any atom is 0.164 e. The van der Waals surface area contributed by atoms with E-state index in [9.17, 15) is 0 Å². The van der Waals surface area contributed by atoms with E-state index < -0.39 is 0 Å². The minimum absolute atomic E-state index is 0.621. The smallest absolute Gasteiger partial charge is 0.164 e. The lowest BCUT2D eigenvalue weighted by Gasteiger charge is -2.12. The van der Waals surface area contributed by atoms with Crippen molar-refractivity contribution in [3.8, 4) is 73.2 Å². The van der Waals surface area contributed by atoms with Crippen LogP contribution < -0.4 is 0 Å². The highest BCUT2D eigenvalue weighted by atomic mass is 15.0. The minimum Gasteiger partial charge on any atom is -0.309 e. The van der Waals surface area contributed by atoms with Crippen LogP contribution in [0.2, 0.25) is 0 Å². The summed E-state index contributed by atoms with van der Waals surface area (Å²) in [6.45, 7) is 0. The van der Waals surface area contributed by atoms with Crippen molar-refractivity contribution in [2.24, 2.45) is 0 Å². The summed E-state index contributed by atoms with van der Waals surface area (Å²) < 4.78 is 2.36. The number of hydrogen-bond acceptors (Lipinski definition) is 3. The molecule has 0 saturated heterocycles. The average Bonchev–Trinajstić information content (AvgIpc) is 3.61. The molecule has 258 valence electrons. The molecular weight excluding hydrogens is 669 g/mol. The highest BCUT2D eigenvalue weighted by molar-refractivity contribution is 6.10. The molecule has 10 aromatic rings. The fourth-order valence-corrected chi connectivity index (χ4v) is 7.52. The average molecular weight is 703 g/mol. The van der Waals surface area contributed by atoms with Crippen LogP contribution >= 0.6 is 0 Å². The van der Waals surface area contributed by atoms with Crippen LogP contribution in [0.1, 0.15) is 0 Å². The summed E-state index contributed by atoms with van der Waals surface area (Å²) in [4.78, 5) is 15.2. The zero-order valence-electron chi connectivity index (χ0n) is 29.9. The van der Waals surface area contributed by atoms with Gasteiger partial charge in [0.15, 0.2) is 17.5 Å². The van der Waals surface area contributed by atoms with E-state index in [1.165, 1.54) is 33.0 Å². The minimum atomic E-state index is 0.621. The molecule has 0 radical (unpaired) electrons. The maximum atomic E-state index is 5.13. The molecular formula is C51H34N4. The van der Waals surface area contributed by atoms with Crippen LogP contribution in [0.5, 0.6) is 0 Å². The third-order valence-electron chi connectivity index (χ3n) is 10.3. The van der Waals surface area contributed by atoms with Crippen LogP contribution in [0.4, 0.5) is 0 Å². The quantitative estimate of drug-likeness (QED) is 0.166. The first-order chi connectivity index (χ1) is 27.2. The molecule has 10 rings (SSSR count). The number of para-hydroxylation sites is 1. The van der Waals surface area contributed by atoms with Crippen LogP contribution in [0.3, 0.4) is 0 Å². The summed E-state index contributed by atoms with van der Waals surface area (Å²) in [5, 5.41) is 2.42. The van der Waals surface area contributed by atoms with Crippen molar-refractivity contribution in [1.82, 2.24) is 19.5 Å². The Balaban J connectivity index is 1.10. The predicted molar refractivity (Wildman–Crippen MR) is 227 cm³/mol. The Kier molecular flexibility index (Phi) is 8.12. The zero-order chi connectivity index (χ0) is 36.6. The Hall–Kier alpha value is -7.43. The van der Waals surface area contributed by atoms with Crippen molar-refractivity contribution in [1.29, 1.82) is 0 Å². The van der Waals surface area contributed by atoms with Crippen molar-refractivity contribution >= 4 is 21.8 Å². The maximum absolute atomic E-state index is 5.13. The number of fused-ring (bicyclic) bond motifs is 3. The lowest BCUT2D eigenvalue weighted by atomic mass is 9.99. The van der Waals surface area contributed by atoms with E-state index in [-0.39, 0.29) is 0 Å². The number of hydrogen-bond donors (Lipinski definition) is 0. The van der Waals surface area contributed by atoms with E-state index in [1.807, 2.05) is 36.4 Å². The molecule has 4 heteroatoms. The van der Waals surface area contributed by atoms with E-state index >= 15 is 0 Å². The molecule has 0 spiro atoms. The van der Waals surface area contributed by atoms with Gasteiger partial charge in [0, 0.05) is 33.2 Å². The van der Waals surface area contributed by atoms with Crippen molar-refractivity contribution in [2.45, 2.75) is 0 Å². The van der Waals surface area contributed by atoms with Gasteiger partial charge in [-0.1, -0.05) is 176 Å². The molecule has 0 fully saturated rings. The third-order valence-corrected chi connectivity index (χ3v) is 10.3. The monoisotopic (exact) mass is 702 g/mol. The Morgan fingerprint density at radius 3 is 1.35 bits per heavy atom. The van der Waals surface area contributed by atoms with Crippen LogP contribution in [-0.2, 0) is 0 Å². The molecule has 0 aliphatic rings. The van der Waals surface area contributed by atoms with E-state index in [4.69, 9.17) is 15.0 Å². The van der Waals surface area contributed by atoms with Crippen LogP contribution in [0.25, 0.3) is 95.0 Å². The normalized spacial score (nSPS) is 11.3. The molecule has 0 unspecified atom stereocenters. The molecule has 0 atom stereocenters. The molecule has 8 aromatic carbocycles. The van der Waals surface area contributed by atoms with Gasteiger partial charge in [0.05, 0.1) is 11.0 Å². The molecule has 0 aliphatic carbocycles. The first-order valence-corrected chi connectivity index (χ1v) is 18.5. The van der Waals surface area contributed by atoms with E-state index in [0.717, 1.165) is 44.5 Å². The summed E-state index contributed by atoms with van der Waals surface area (Å²) >= 11 is 0. The third kappa shape index (κ3) is 6.16. The molecule has 0 N–H and O–H groups in total. The standard InChI is InChI=1S/C51H34N4/c1-4-14-35(15-5-1)37-26-28-38(29-27-37)41-30-31-46-45-24-10-11-25-47(45)55(48(46)34-41)44-23-13-22-43(33-44)51-53-49(39-18-8-3-9-19-39)52-50(54-51)42-21-12-20-40(32-42)36-16-6-2-7-17-36/h1-34H. The van der Waals surface area contributed by atoms with Crippen molar-refractivity contribution in [2.75, 3.05) is 0 Å². The molecule has 2 aromatic heterocycles. The van der Waals surface area contributed by atoms with Gasteiger partial charge in [-0.15, -0.1) is 0 Å². The van der Waals surface area contributed by atoms with E-state index in [0.29, 0.717) is 17.5 Å². The molecule has 0 saturated carbocycles. The van der Waals surface area contributed by atoms with Crippen LogP contribution in [0.15, 0.2) is 206 Å². The summed E-state index contributed by atoms with van der Waals surface area (Å²) in [5.41, 5.74) is 13.1. The SMILES string of the molecule is c1ccc(-c2ccc(-c3ccc4c5ccccc5n(-c5cccc(-c6nc(-c7ccccc7)nc(-c7cccc(-c8ccccc8)c7)n6)c5)c4c3)cc2)cc1. The van der Waals surface area contributed by atoms with Gasteiger partial charge >= 0.3 is 0 Å². The predicted octanol–water partition coefficient (Wildman–Crippen LogP) is 13.0. The van der Waals surface area contributed by atoms with Crippen LogP contribution in [0, 0.1) is 0 Å². The molecule has 4 nitrogen and oxygen atoms in total. The Morgan fingerprint density at radius 2 is 0.673 bits per heavy atom. The second kappa shape index (κ2) is 13.8. The van der Waals surface area contributed by atoms with Gasteiger partial charge in [0.25, 0.3) is 0 Å². The van der Waals surface area contributed by atoms with E-state index in [2.05, 4.69) is 174 Å².